The van der Waals surface area contributed by atoms with Gasteiger partial charge in [0.25, 0.3) is 5.91 Å². The fraction of sp³-hybridized carbons (Fsp3) is 0.833. The molecule has 0 aliphatic heterocycles. The Balaban J connectivity index is 4.14. The van der Waals surface area contributed by atoms with Gasteiger partial charge in [-0.3, -0.25) is 9.59 Å². The van der Waals surface area contributed by atoms with Crippen molar-refractivity contribution < 1.29 is 17.4 Å². The Hall–Kier alpha value is 0.290. The predicted molar refractivity (Wildman–Crippen MR) is 96.6 cm³/mol. The topological polar surface area (TPSA) is 76.7 Å². The maximum absolute atomic E-state index is 12.1. The highest BCUT2D eigenvalue weighted by molar-refractivity contribution is 14.1. The zero-order valence-corrected chi connectivity index (χ0v) is 16.3. The highest BCUT2D eigenvalue weighted by Gasteiger charge is 2.36. The van der Waals surface area contributed by atoms with Gasteiger partial charge in [-0.2, -0.15) is 0 Å². The van der Waals surface area contributed by atoms with Crippen LogP contribution in [-0.4, -0.2) is 50.5 Å². The lowest BCUT2D eigenvalue weighted by Crippen LogP contribution is -2.46. The van der Waals surface area contributed by atoms with Crippen molar-refractivity contribution in [2.45, 2.75) is 26.4 Å². The van der Waals surface area contributed by atoms with Crippen LogP contribution in [0.2, 0.25) is 0 Å². The van der Waals surface area contributed by atoms with E-state index in [-0.39, 0.29) is 24.8 Å². The molecule has 1 atom stereocenters. The lowest BCUT2D eigenvalue weighted by atomic mass is 9.87. The van der Waals surface area contributed by atoms with Gasteiger partial charge in [-0.25, -0.2) is 0 Å². The summed E-state index contributed by atoms with van der Waals surface area (Å²) in [5.41, 5.74) is -0.452. The number of ether oxygens (including phenoxy) is 1. The van der Waals surface area contributed by atoms with Crippen molar-refractivity contribution in [3.63, 3.8) is 0 Å². The van der Waals surface area contributed by atoms with E-state index in [4.69, 9.17) is 7.80 Å². The molecule has 0 aromatic rings. The Morgan fingerprint density at radius 2 is 2.00 bits per heavy atom. The molecule has 0 spiro atoms. The van der Waals surface area contributed by atoms with Crippen molar-refractivity contribution in [2.75, 3.05) is 32.6 Å². The van der Waals surface area contributed by atoms with Crippen molar-refractivity contribution in [2.24, 2.45) is 5.41 Å². The molecule has 0 saturated heterocycles. The predicted octanol–water partition coefficient (Wildman–Crippen LogP) is 1.59. The largest absolute Gasteiger partial charge is 0.384 e. The molecule has 124 valence electrons. The molecule has 21 heavy (non-hydrogen) atoms. The third-order valence-corrected chi connectivity index (χ3v) is 4.16. The van der Waals surface area contributed by atoms with E-state index >= 15 is 0 Å². The van der Waals surface area contributed by atoms with Gasteiger partial charge in [0.15, 0.2) is 6.10 Å². The fourth-order valence-corrected chi connectivity index (χ4v) is 3.07. The fourth-order valence-electron chi connectivity index (χ4n) is 1.68. The minimum absolute atomic E-state index is 0.0965. The molecule has 0 saturated carbocycles. The smallest absolute Gasteiger partial charge is 0.250 e. The van der Waals surface area contributed by atoms with E-state index in [1.807, 2.05) is 13.8 Å². The molecule has 0 aliphatic rings. The van der Waals surface area contributed by atoms with Crippen LogP contribution in [0.3, 0.4) is 0 Å². The quantitative estimate of drug-likeness (QED) is 0.193. The molecular formula is C12H23IN2O4S2. The second kappa shape index (κ2) is 11.8. The van der Waals surface area contributed by atoms with Crippen molar-refractivity contribution in [1.82, 2.24) is 10.6 Å². The molecule has 0 unspecified atom stereocenters. The maximum atomic E-state index is 12.1. The van der Waals surface area contributed by atoms with Crippen LogP contribution in [0.15, 0.2) is 0 Å². The van der Waals surface area contributed by atoms with Gasteiger partial charge >= 0.3 is 0 Å². The zero-order chi connectivity index (χ0) is 16.3. The summed E-state index contributed by atoms with van der Waals surface area (Å²) in [5, 5.41) is 5.45. The number of hydrogen-bond acceptors (Lipinski definition) is 6. The van der Waals surface area contributed by atoms with Gasteiger partial charge in [0.2, 0.25) is 5.91 Å². The Kier molecular flexibility index (Phi) is 12.0. The number of methoxy groups -OCH3 is 1. The van der Waals surface area contributed by atoms with Gasteiger partial charge in [0.1, 0.15) is 23.0 Å². The SMILES string of the molecule is COCC(C)(C)[C@@H](OI)C(=O)NCCC(=O)NCCSS. The third kappa shape index (κ3) is 9.11. The summed E-state index contributed by atoms with van der Waals surface area (Å²) < 4.78 is 10.3. The summed E-state index contributed by atoms with van der Waals surface area (Å²) in [6.07, 6.45) is -0.400. The molecule has 0 aliphatic carbocycles. The molecule has 2 N–H and O–H groups in total. The van der Waals surface area contributed by atoms with E-state index in [1.54, 1.807) is 30.1 Å². The van der Waals surface area contributed by atoms with Gasteiger partial charge in [-0.1, -0.05) is 24.6 Å². The van der Waals surface area contributed by atoms with Crippen LogP contribution in [0.5, 0.6) is 0 Å². The summed E-state index contributed by atoms with van der Waals surface area (Å²) in [5.74, 6) is 0.405. The number of thiol groups is 1. The van der Waals surface area contributed by atoms with Crippen LogP contribution < -0.4 is 10.6 Å². The molecule has 0 rings (SSSR count). The van der Waals surface area contributed by atoms with Crippen LogP contribution in [0.4, 0.5) is 0 Å². The van der Waals surface area contributed by atoms with Crippen LogP contribution in [0, 0.1) is 5.41 Å². The number of rotatable bonds is 11. The number of carbonyl (C=O) groups is 2. The molecule has 0 bridgehead atoms. The Morgan fingerprint density at radius 1 is 1.33 bits per heavy atom. The monoisotopic (exact) mass is 450 g/mol. The van der Waals surface area contributed by atoms with Gasteiger partial charge < -0.3 is 18.4 Å². The first kappa shape index (κ1) is 21.3. The van der Waals surface area contributed by atoms with Crippen molar-refractivity contribution in [3.8, 4) is 0 Å². The van der Waals surface area contributed by atoms with Crippen LogP contribution in [0.1, 0.15) is 20.3 Å². The van der Waals surface area contributed by atoms with Gasteiger partial charge in [-0.15, -0.1) is 11.7 Å². The molecule has 0 aromatic carbocycles. The molecular weight excluding hydrogens is 427 g/mol. The minimum Gasteiger partial charge on any atom is -0.384 e. The molecule has 0 aromatic heterocycles. The first-order valence-electron chi connectivity index (χ1n) is 6.46. The Labute approximate surface area is 149 Å². The van der Waals surface area contributed by atoms with E-state index in [0.29, 0.717) is 13.2 Å². The van der Waals surface area contributed by atoms with Gasteiger partial charge in [0.05, 0.1) is 6.61 Å². The minimum atomic E-state index is -0.637. The first-order chi connectivity index (χ1) is 9.88. The second-order valence-corrected chi connectivity index (χ2v) is 7.06. The van der Waals surface area contributed by atoms with Crippen LogP contribution >= 0.6 is 45.5 Å². The lowest BCUT2D eigenvalue weighted by molar-refractivity contribution is -0.133. The second-order valence-electron chi connectivity index (χ2n) is 5.11. The van der Waals surface area contributed by atoms with Crippen molar-refractivity contribution >= 4 is 57.3 Å². The zero-order valence-electron chi connectivity index (χ0n) is 12.5. The molecule has 0 radical (unpaired) electrons. The molecule has 9 heteroatoms. The summed E-state index contributed by atoms with van der Waals surface area (Å²) in [4.78, 5) is 23.6. The number of halogens is 1. The Morgan fingerprint density at radius 3 is 2.52 bits per heavy atom. The van der Waals surface area contributed by atoms with E-state index in [2.05, 4.69) is 22.3 Å². The standard InChI is InChI=1S/C12H23IN2O4S2/c1-12(2,8-18-3)10(19-13)11(17)15-5-4-9(16)14-6-7-21-20/h10,20H,4-8H2,1-3H3,(H,14,16)(H,15,17)/t10-/m0/s1. The van der Waals surface area contributed by atoms with E-state index in [9.17, 15) is 9.59 Å². The molecule has 6 nitrogen and oxygen atoms in total. The van der Waals surface area contributed by atoms with E-state index in [0.717, 1.165) is 5.75 Å². The van der Waals surface area contributed by atoms with Crippen molar-refractivity contribution in [3.05, 3.63) is 0 Å². The number of amides is 2. The summed E-state index contributed by atoms with van der Waals surface area (Å²) in [6.45, 7) is 5.03. The molecule has 0 heterocycles. The molecule has 2 amide bonds. The molecule has 0 fully saturated rings. The maximum Gasteiger partial charge on any atom is 0.250 e. The average Bonchev–Trinajstić information content (AvgIpc) is 2.39. The Bertz CT molecular complexity index is 332. The van der Waals surface area contributed by atoms with Crippen molar-refractivity contribution in [1.29, 1.82) is 0 Å². The number of carbonyl (C=O) groups excluding carboxylic acids is 2. The summed E-state index contributed by atoms with van der Waals surface area (Å²) in [7, 11) is 2.95. The van der Waals surface area contributed by atoms with Gasteiger partial charge in [0, 0.05) is 37.8 Å². The normalized spacial score (nSPS) is 12.8. The summed E-state index contributed by atoms with van der Waals surface area (Å²) in [6, 6.07) is 0. The number of nitrogens with one attached hydrogen (secondary N) is 2. The average molecular weight is 450 g/mol. The van der Waals surface area contributed by atoms with E-state index in [1.165, 1.54) is 10.8 Å². The lowest BCUT2D eigenvalue weighted by Gasteiger charge is -2.30. The van der Waals surface area contributed by atoms with Crippen LogP contribution in [0.25, 0.3) is 0 Å². The van der Waals surface area contributed by atoms with Gasteiger partial charge in [-0.05, 0) is 0 Å². The highest BCUT2D eigenvalue weighted by Crippen LogP contribution is 2.25. The number of hydrogen-bond donors (Lipinski definition) is 3. The van der Waals surface area contributed by atoms with Crippen LogP contribution in [-0.2, 0) is 17.4 Å². The van der Waals surface area contributed by atoms with E-state index < -0.39 is 11.5 Å². The third-order valence-electron chi connectivity index (χ3n) is 2.72. The first-order valence-corrected chi connectivity index (χ1v) is 9.38. The summed E-state index contributed by atoms with van der Waals surface area (Å²) >= 11 is 5.69. The highest BCUT2D eigenvalue weighted by atomic mass is 127.